The van der Waals surface area contributed by atoms with Crippen LogP contribution in [-0.4, -0.2) is 44.0 Å². The fraction of sp³-hybridized carbons (Fsp3) is 0.571. The lowest BCUT2D eigenvalue weighted by atomic mass is 9.97. The molecule has 1 fully saturated rings. The SMILES string of the molecule is CNCC1CCN(CC(=O)Nc2sccc2C#N)CC1. The molecule has 0 aliphatic carbocycles. The van der Waals surface area contributed by atoms with Crippen LogP contribution in [0, 0.1) is 17.2 Å². The highest BCUT2D eigenvalue weighted by atomic mass is 32.1. The molecule has 108 valence electrons. The average molecular weight is 292 g/mol. The van der Waals surface area contributed by atoms with Gasteiger partial charge in [0.25, 0.3) is 0 Å². The van der Waals surface area contributed by atoms with Gasteiger partial charge in [0.15, 0.2) is 0 Å². The number of amides is 1. The summed E-state index contributed by atoms with van der Waals surface area (Å²) in [4.78, 5) is 14.2. The van der Waals surface area contributed by atoms with Gasteiger partial charge in [-0.05, 0) is 56.9 Å². The molecule has 0 saturated carbocycles. The quantitative estimate of drug-likeness (QED) is 0.863. The Hall–Kier alpha value is -1.42. The lowest BCUT2D eigenvalue weighted by molar-refractivity contribution is -0.117. The molecule has 6 heteroatoms. The maximum atomic E-state index is 12.0. The number of carbonyl (C=O) groups excluding carboxylic acids is 1. The maximum Gasteiger partial charge on any atom is 0.239 e. The molecule has 20 heavy (non-hydrogen) atoms. The first-order valence-corrected chi connectivity index (χ1v) is 7.75. The van der Waals surface area contributed by atoms with Crippen molar-refractivity contribution in [1.82, 2.24) is 10.2 Å². The zero-order valence-electron chi connectivity index (χ0n) is 11.7. The van der Waals surface area contributed by atoms with E-state index in [1.165, 1.54) is 11.3 Å². The van der Waals surface area contributed by atoms with E-state index in [9.17, 15) is 4.79 Å². The van der Waals surface area contributed by atoms with Crippen molar-refractivity contribution in [2.24, 2.45) is 5.92 Å². The van der Waals surface area contributed by atoms with Crippen LogP contribution in [0.2, 0.25) is 0 Å². The van der Waals surface area contributed by atoms with Gasteiger partial charge in [0.2, 0.25) is 5.91 Å². The van der Waals surface area contributed by atoms with Crippen molar-refractivity contribution in [2.45, 2.75) is 12.8 Å². The van der Waals surface area contributed by atoms with Gasteiger partial charge in [0, 0.05) is 0 Å². The minimum Gasteiger partial charge on any atom is -0.319 e. The van der Waals surface area contributed by atoms with Gasteiger partial charge in [-0.25, -0.2) is 0 Å². The molecule has 0 bridgehead atoms. The molecular formula is C14H20N4OS. The van der Waals surface area contributed by atoms with E-state index < -0.39 is 0 Å². The van der Waals surface area contributed by atoms with Gasteiger partial charge in [0.1, 0.15) is 11.1 Å². The second kappa shape index (κ2) is 7.39. The van der Waals surface area contributed by atoms with E-state index in [4.69, 9.17) is 5.26 Å². The highest BCUT2D eigenvalue weighted by Gasteiger charge is 2.20. The van der Waals surface area contributed by atoms with Gasteiger partial charge in [-0.1, -0.05) is 0 Å². The smallest absolute Gasteiger partial charge is 0.239 e. The lowest BCUT2D eigenvalue weighted by Crippen LogP contribution is -2.40. The predicted molar refractivity (Wildman–Crippen MR) is 80.8 cm³/mol. The molecular weight excluding hydrogens is 272 g/mol. The van der Waals surface area contributed by atoms with Crippen LogP contribution in [0.5, 0.6) is 0 Å². The molecule has 1 saturated heterocycles. The van der Waals surface area contributed by atoms with Crippen molar-refractivity contribution in [2.75, 3.05) is 38.5 Å². The number of likely N-dealkylation sites (tertiary alicyclic amines) is 1. The van der Waals surface area contributed by atoms with Gasteiger partial charge in [0.05, 0.1) is 12.1 Å². The third-order valence-electron chi connectivity index (χ3n) is 3.61. The second-order valence-electron chi connectivity index (χ2n) is 5.10. The third kappa shape index (κ3) is 4.04. The van der Waals surface area contributed by atoms with Crippen molar-refractivity contribution in [1.29, 1.82) is 5.26 Å². The monoisotopic (exact) mass is 292 g/mol. The van der Waals surface area contributed by atoms with Gasteiger partial charge in [-0.15, -0.1) is 11.3 Å². The number of carbonyl (C=O) groups is 1. The first-order chi connectivity index (χ1) is 9.72. The largest absolute Gasteiger partial charge is 0.319 e. The average Bonchev–Trinajstić information content (AvgIpc) is 2.88. The van der Waals surface area contributed by atoms with Crippen LogP contribution >= 0.6 is 11.3 Å². The molecule has 1 aromatic heterocycles. The van der Waals surface area contributed by atoms with E-state index >= 15 is 0 Å². The molecule has 0 spiro atoms. The summed E-state index contributed by atoms with van der Waals surface area (Å²) in [5.74, 6) is 0.692. The molecule has 0 radical (unpaired) electrons. The number of nitrogens with one attached hydrogen (secondary N) is 2. The van der Waals surface area contributed by atoms with Gasteiger partial charge in [-0.2, -0.15) is 5.26 Å². The first-order valence-electron chi connectivity index (χ1n) is 6.87. The Labute approximate surface area is 123 Å². The number of hydrogen-bond acceptors (Lipinski definition) is 5. The number of nitriles is 1. The minimum absolute atomic E-state index is 0.0315. The molecule has 0 atom stereocenters. The molecule has 1 aliphatic rings. The van der Waals surface area contributed by atoms with Crippen LogP contribution in [0.3, 0.4) is 0 Å². The molecule has 1 amide bonds. The normalized spacial score (nSPS) is 16.8. The van der Waals surface area contributed by atoms with Crippen LogP contribution in [0.25, 0.3) is 0 Å². The fourth-order valence-electron chi connectivity index (χ4n) is 2.50. The molecule has 1 aliphatic heterocycles. The Kier molecular flexibility index (Phi) is 5.53. The number of piperidine rings is 1. The third-order valence-corrected chi connectivity index (χ3v) is 4.44. The van der Waals surface area contributed by atoms with E-state index in [-0.39, 0.29) is 5.91 Å². The van der Waals surface area contributed by atoms with E-state index in [1.807, 2.05) is 12.4 Å². The van der Waals surface area contributed by atoms with Crippen molar-refractivity contribution in [3.8, 4) is 6.07 Å². The molecule has 0 unspecified atom stereocenters. The highest BCUT2D eigenvalue weighted by Crippen LogP contribution is 2.22. The molecule has 1 aromatic rings. The summed E-state index contributed by atoms with van der Waals surface area (Å²) in [7, 11) is 1.98. The summed E-state index contributed by atoms with van der Waals surface area (Å²) in [5, 5.41) is 17.4. The van der Waals surface area contributed by atoms with Crippen LogP contribution in [-0.2, 0) is 4.79 Å². The van der Waals surface area contributed by atoms with E-state index in [2.05, 4.69) is 21.6 Å². The van der Waals surface area contributed by atoms with Crippen LogP contribution in [0.1, 0.15) is 18.4 Å². The van der Waals surface area contributed by atoms with Crippen molar-refractivity contribution in [3.05, 3.63) is 17.0 Å². The zero-order chi connectivity index (χ0) is 14.4. The Morgan fingerprint density at radius 3 is 2.95 bits per heavy atom. The summed E-state index contributed by atoms with van der Waals surface area (Å²) < 4.78 is 0. The summed E-state index contributed by atoms with van der Waals surface area (Å²) in [6.45, 7) is 3.40. The highest BCUT2D eigenvalue weighted by molar-refractivity contribution is 7.14. The molecule has 2 N–H and O–H groups in total. The van der Waals surface area contributed by atoms with Crippen LogP contribution < -0.4 is 10.6 Å². The fourth-order valence-corrected chi connectivity index (χ4v) is 3.25. The van der Waals surface area contributed by atoms with Crippen molar-refractivity contribution in [3.63, 3.8) is 0 Å². The molecule has 0 aromatic carbocycles. The number of anilines is 1. The Bertz CT molecular complexity index is 486. The van der Waals surface area contributed by atoms with Gasteiger partial charge in [-0.3, -0.25) is 9.69 Å². The Balaban J connectivity index is 1.77. The zero-order valence-corrected chi connectivity index (χ0v) is 12.5. The Morgan fingerprint density at radius 2 is 2.30 bits per heavy atom. The predicted octanol–water partition coefficient (Wildman–Crippen LogP) is 1.49. The number of hydrogen-bond donors (Lipinski definition) is 2. The van der Waals surface area contributed by atoms with Crippen molar-refractivity contribution >= 4 is 22.2 Å². The van der Waals surface area contributed by atoms with E-state index in [0.29, 0.717) is 17.1 Å². The van der Waals surface area contributed by atoms with Gasteiger partial charge >= 0.3 is 0 Å². The Morgan fingerprint density at radius 1 is 1.55 bits per heavy atom. The van der Waals surface area contributed by atoms with Crippen LogP contribution in [0.4, 0.5) is 5.00 Å². The lowest BCUT2D eigenvalue weighted by Gasteiger charge is -2.31. The maximum absolute atomic E-state index is 12.0. The second-order valence-corrected chi connectivity index (χ2v) is 6.02. The topological polar surface area (TPSA) is 68.2 Å². The molecule has 2 heterocycles. The summed E-state index contributed by atoms with van der Waals surface area (Å²) in [6.07, 6.45) is 2.27. The summed E-state index contributed by atoms with van der Waals surface area (Å²) >= 11 is 1.39. The molecule has 5 nitrogen and oxygen atoms in total. The first kappa shape index (κ1) is 15.0. The van der Waals surface area contributed by atoms with Gasteiger partial charge < -0.3 is 10.6 Å². The standard InChI is InChI=1S/C14H20N4OS/c1-16-9-11-2-5-18(6-3-11)10-13(19)17-14-12(8-15)4-7-20-14/h4,7,11,16H,2-3,5-6,9-10H2,1H3,(H,17,19). The summed E-state index contributed by atoms with van der Waals surface area (Å²) in [5.41, 5.74) is 0.538. The van der Waals surface area contributed by atoms with E-state index in [1.54, 1.807) is 6.07 Å². The number of thiophene rings is 1. The minimum atomic E-state index is -0.0315. The van der Waals surface area contributed by atoms with Crippen LogP contribution in [0.15, 0.2) is 11.4 Å². The van der Waals surface area contributed by atoms with Crippen molar-refractivity contribution < 1.29 is 4.79 Å². The van der Waals surface area contributed by atoms with E-state index in [0.717, 1.165) is 38.4 Å². The number of rotatable bonds is 5. The number of nitrogens with zero attached hydrogens (tertiary/aromatic N) is 2. The molecule has 2 rings (SSSR count). The summed E-state index contributed by atoms with van der Waals surface area (Å²) in [6, 6.07) is 3.81.